The minimum Gasteiger partial charge on any atom is -0.455 e. The van der Waals surface area contributed by atoms with Crippen LogP contribution in [0.2, 0.25) is 0 Å². The Labute approximate surface area is 487 Å². The highest BCUT2D eigenvalue weighted by Gasteiger charge is 2.28. The predicted molar refractivity (Wildman–Crippen MR) is 355 cm³/mol. The number of furan rings is 2. The summed E-state index contributed by atoms with van der Waals surface area (Å²) >= 11 is 0. The molecule has 2 heterocycles. The summed E-state index contributed by atoms with van der Waals surface area (Å²) in [5, 5.41) is 11.6. The van der Waals surface area contributed by atoms with Crippen molar-refractivity contribution in [2.75, 3.05) is 9.80 Å². The van der Waals surface area contributed by atoms with Gasteiger partial charge in [-0.2, -0.15) is 0 Å². The summed E-state index contributed by atoms with van der Waals surface area (Å²) in [6, 6.07) is 97.5. The maximum absolute atomic E-state index is 6.70. The van der Waals surface area contributed by atoms with Gasteiger partial charge in [-0.15, -0.1) is 0 Å². The summed E-state index contributed by atoms with van der Waals surface area (Å²) in [4.78, 5) is 5.06. The van der Waals surface area contributed by atoms with Crippen molar-refractivity contribution < 1.29 is 8.83 Å². The van der Waals surface area contributed by atoms with E-state index >= 15 is 0 Å². The first-order valence-electron chi connectivity index (χ1n) is 29.0. The van der Waals surface area contributed by atoms with E-state index in [2.05, 4.69) is 292 Å². The molecule has 0 amide bonds. The van der Waals surface area contributed by atoms with Gasteiger partial charge in [-0.05, 0) is 143 Å². The van der Waals surface area contributed by atoms with Gasteiger partial charge in [0.25, 0.3) is 0 Å². The van der Waals surface area contributed by atoms with Gasteiger partial charge in [-0.1, -0.05) is 218 Å². The van der Waals surface area contributed by atoms with Crippen LogP contribution in [-0.4, -0.2) is 0 Å². The number of anilines is 6. The van der Waals surface area contributed by atoms with Gasteiger partial charge >= 0.3 is 0 Å². The van der Waals surface area contributed by atoms with Gasteiger partial charge in [0.15, 0.2) is 0 Å². The number of rotatable bonds is 10. The highest BCUT2D eigenvalue weighted by Crippen LogP contribution is 2.54. The third kappa shape index (κ3) is 7.75. The minimum atomic E-state index is 0.886. The first-order chi connectivity index (χ1) is 41.3. The standard InChI is InChI=1S/C80H56N2O2/c1-49-21-15-22-50(2)77(49)81(57-31-17-29-55(45-57)59-35-19-37-65-61-33-11-13-39-73(61)83-79(59)65)71-47-69(53-25-7-5-8-26-53)63-42-44-68-72(48-70(54-27-9-6-10-28-54)64-41-43-67(71)75(63)76(64)68)82(78-51(3)23-16-24-52(78)4)58-32-18-30-56(46-58)60-36-20-38-66-62-34-12-14-40-74(62)84-80(60)66/h5-48H,1-4H3. The molecule has 0 fully saturated rings. The largest absolute Gasteiger partial charge is 0.455 e. The zero-order valence-electron chi connectivity index (χ0n) is 47.1. The van der Waals surface area contributed by atoms with Gasteiger partial charge in [-0.25, -0.2) is 0 Å². The van der Waals surface area contributed by atoms with Crippen LogP contribution in [0.1, 0.15) is 22.3 Å². The Balaban J connectivity index is 1.00. The summed E-state index contributed by atoms with van der Waals surface area (Å²) in [7, 11) is 0. The molecule has 0 spiro atoms. The zero-order chi connectivity index (χ0) is 56.2. The van der Waals surface area contributed by atoms with Crippen molar-refractivity contribution in [3.63, 3.8) is 0 Å². The second-order valence-corrected chi connectivity index (χ2v) is 22.5. The molecule has 0 unspecified atom stereocenters. The molecule has 0 aliphatic rings. The molecular weight excluding hydrogens is 1020 g/mol. The van der Waals surface area contributed by atoms with Gasteiger partial charge in [0.2, 0.25) is 0 Å². The summed E-state index contributed by atoms with van der Waals surface area (Å²) < 4.78 is 13.4. The average molecular weight is 1080 g/mol. The zero-order valence-corrected chi connectivity index (χ0v) is 47.1. The van der Waals surface area contributed by atoms with Crippen molar-refractivity contribution in [2.24, 2.45) is 0 Å². The maximum Gasteiger partial charge on any atom is 0.143 e. The highest BCUT2D eigenvalue weighted by atomic mass is 16.3. The van der Waals surface area contributed by atoms with E-state index in [0.717, 1.165) is 133 Å². The van der Waals surface area contributed by atoms with Crippen molar-refractivity contribution in [2.45, 2.75) is 27.7 Å². The van der Waals surface area contributed by atoms with Crippen LogP contribution < -0.4 is 9.80 Å². The number of para-hydroxylation sites is 6. The van der Waals surface area contributed by atoms with Crippen molar-refractivity contribution in [3.05, 3.63) is 289 Å². The first kappa shape index (κ1) is 49.2. The number of hydrogen-bond acceptors (Lipinski definition) is 4. The summed E-state index contributed by atoms with van der Waals surface area (Å²) in [5.74, 6) is 0. The van der Waals surface area contributed by atoms with Crippen LogP contribution in [0.25, 0.3) is 121 Å². The lowest BCUT2D eigenvalue weighted by Gasteiger charge is -2.33. The monoisotopic (exact) mass is 1080 g/mol. The molecule has 14 aromatic carbocycles. The van der Waals surface area contributed by atoms with Crippen molar-refractivity contribution in [3.8, 4) is 44.5 Å². The first-order valence-corrected chi connectivity index (χ1v) is 29.0. The van der Waals surface area contributed by atoms with Gasteiger partial charge in [0, 0.05) is 65.6 Å². The fourth-order valence-corrected chi connectivity index (χ4v) is 13.7. The van der Waals surface area contributed by atoms with Crippen LogP contribution in [0, 0.1) is 27.7 Å². The average Bonchev–Trinajstić information content (AvgIpc) is 1.30. The van der Waals surface area contributed by atoms with Gasteiger partial charge in [0.1, 0.15) is 22.3 Å². The maximum atomic E-state index is 6.70. The lowest BCUT2D eigenvalue weighted by atomic mass is 9.85. The second-order valence-electron chi connectivity index (χ2n) is 22.5. The summed E-state index contributed by atoms with van der Waals surface area (Å²) in [6.45, 7) is 8.98. The molecule has 16 aromatic rings. The highest BCUT2D eigenvalue weighted by molar-refractivity contribution is 6.32. The molecule has 4 nitrogen and oxygen atoms in total. The van der Waals surface area contributed by atoms with E-state index in [0.29, 0.717) is 0 Å². The molecule has 0 aliphatic heterocycles. The van der Waals surface area contributed by atoms with Crippen molar-refractivity contribution in [1.29, 1.82) is 0 Å². The molecule has 0 aliphatic carbocycles. The molecule has 0 radical (unpaired) electrons. The van der Waals surface area contributed by atoms with E-state index in [1.54, 1.807) is 0 Å². The Hall–Kier alpha value is -10.7. The van der Waals surface area contributed by atoms with Gasteiger partial charge in [0.05, 0.1) is 22.7 Å². The normalized spacial score (nSPS) is 11.8. The number of nitrogens with zero attached hydrogens (tertiary/aromatic N) is 2. The second kappa shape index (κ2) is 19.5. The topological polar surface area (TPSA) is 32.8 Å². The molecule has 2 aromatic heterocycles. The SMILES string of the molecule is Cc1cccc(C)c1N(c1cccc(-c2cccc3c2oc2ccccc23)c1)c1cc(-c2ccccc2)c2ccc3c(N(c4cccc(-c5cccc6c5oc5ccccc56)c4)c4c(C)cccc4C)cc(-c4ccccc4)c4ccc1c2c43. The third-order valence-electron chi connectivity index (χ3n) is 17.5. The van der Waals surface area contributed by atoms with Crippen LogP contribution >= 0.6 is 0 Å². The molecule has 0 N–H and O–H groups in total. The van der Waals surface area contributed by atoms with Crippen LogP contribution in [0.15, 0.2) is 276 Å². The lowest BCUT2D eigenvalue weighted by Crippen LogP contribution is -2.15. The molecule has 0 atom stereocenters. The Morgan fingerprint density at radius 3 is 1.02 bits per heavy atom. The Morgan fingerprint density at radius 1 is 0.250 bits per heavy atom. The van der Waals surface area contributed by atoms with Crippen molar-refractivity contribution >= 4 is 110 Å². The van der Waals surface area contributed by atoms with E-state index in [1.165, 1.54) is 43.8 Å². The predicted octanol–water partition coefficient (Wildman–Crippen LogP) is 23.2. The van der Waals surface area contributed by atoms with Crippen LogP contribution in [0.4, 0.5) is 34.1 Å². The van der Waals surface area contributed by atoms with Gasteiger partial charge < -0.3 is 18.6 Å². The molecule has 398 valence electrons. The smallest absolute Gasteiger partial charge is 0.143 e. The quantitative estimate of drug-likeness (QED) is 0.128. The number of fused-ring (bicyclic) bond motifs is 6. The Kier molecular flexibility index (Phi) is 11.4. The molecule has 4 heteroatoms. The molecule has 0 bridgehead atoms. The Morgan fingerprint density at radius 2 is 0.595 bits per heavy atom. The van der Waals surface area contributed by atoms with E-state index in [1.807, 2.05) is 12.1 Å². The summed E-state index contributed by atoms with van der Waals surface area (Å²) in [6.07, 6.45) is 0. The van der Waals surface area contributed by atoms with Crippen molar-refractivity contribution in [1.82, 2.24) is 0 Å². The van der Waals surface area contributed by atoms with E-state index < -0.39 is 0 Å². The van der Waals surface area contributed by atoms with Crippen LogP contribution in [-0.2, 0) is 0 Å². The van der Waals surface area contributed by atoms with Crippen LogP contribution in [0.3, 0.4) is 0 Å². The summed E-state index contributed by atoms with van der Waals surface area (Å²) in [5.41, 5.74) is 23.8. The number of hydrogen-bond donors (Lipinski definition) is 0. The van der Waals surface area contributed by atoms with Gasteiger partial charge in [-0.3, -0.25) is 0 Å². The van der Waals surface area contributed by atoms with E-state index in [-0.39, 0.29) is 0 Å². The van der Waals surface area contributed by atoms with Crippen LogP contribution in [0.5, 0.6) is 0 Å². The minimum absolute atomic E-state index is 0.886. The molecule has 16 rings (SSSR count). The third-order valence-corrected chi connectivity index (χ3v) is 17.5. The molecular formula is C80H56N2O2. The van der Waals surface area contributed by atoms with E-state index in [9.17, 15) is 0 Å². The number of benzene rings is 14. The number of aryl methyl sites for hydroxylation is 4. The Bertz CT molecular complexity index is 4890. The fraction of sp³-hybridized carbons (Fsp3) is 0.0500. The molecule has 0 saturated heterocycles. The fourth-order valence-electron chi connectivity index (χ4n) is 13.7. The molecule has 84 heavy (non-hydrogen) atoms. The van der Waals surface area contributed by atoms with E-state index in [4.69, 9.17) is 8.83 Å². The lowest BCUT2D eigenvalue weighted by molar-refractivity contribution is 0.669. The molecule has 0 saturated carbocycles.